The van der Waals surface area contributed by atoms with E-state index in [-0.39, 0.29) is 73.7 Å². The third-order valence-corrected chi connectivity index (χ3v) is 11.1. The van der Waals surface area contributed by atoms with Crippen molar-refractivity contribution in [1.29, 1.82) is 0 Å². The number of carbonyl (C=O) groups excluding carboxylic acids is 4. The minimum atomic E-state index is -0.831. The van der Waals surface area contributed by atoms with Crippen LogP contribution in [0.1, 0.15) is 78.2 Å². The first-order valence-electron chi connectivity index (χ1n) is 16.7. The third-order valence-electron chi connectivity index (χ3n) is 11.1. The van der Waals surface area contributed by atoms with Crippen LogP contribution in [-0.2, 0) is 42.9 Å². The van der Waals surface area contributed by atoms with Crippen molar-refractivity contribution in [2.45, 2.75) is 90.4 Å². The Balaban J connectivity index is 1.20. The van der Waals surface area contributed by atoms with E-state index < -0.39 is 23.5 Å². The molecule has 0 radical (unpaired) electrons. The number of epoxide rings is 1. The number of hydrogen-bond donors (Lipinski definition) is 0. The van der Waals surface area contributed by atoms with Gasteiger partial charge in [0.2, 0.25) is 6.79 Å². The lowest BCUT2D eigenvalue weighted by Gasteiger charge is -2.61. The molecule has 3 heterocycles. The van der Waals surface area contributed by atoms with Crippen LogP contribution in [0.4, 0.5) is 0 Å². The maximum atomic E-state index is 12.9. The molecule has 0 amide bonds. The molecule has 2 saturated carbocycles. The highest BCUT2D eigenvalue weighted by Gasteiger charge is 2.67. The zero-order valence-corrected chi connectivity index (χ0v) is 27.5. The Morgan fingerprint density at radius 2 is 1.74 bits per heavy atom. The van der Waals surface area contributed by atoms with Gasteiger partial charge >= 0.3 is 23.9 Å². The second-order valence-corrected chi connectivity index (χ2v) is 13.8. The third kappa shape index (κ3) is 6.38. The van der Waals surface area contributed by atoms with E-state index in [1.807, 2.05) is 6.08 Å². The molecule has 11 nitrogen and oxygen atoms in total. The van der Waals surface area contributed by atoms with E-state index in [1.165, 1.54) is 6.08 Å². The highest BCUT2D eigenvalue weighted by atomic mass is 16.7. The maximum absolute atomic E-state index is 12.9. The number of allylic oxidation sites excluding steroid dienone is 1. The Hall–Kier alpha value is -3.86. The summed E-state index contributed by atoms with van der Waals surface area (Å²) in [7, 11) is 0. The summed E-state index contributed by atoms with van der Waals surface area (Å²) in [4.78, 5) is 50.4. The second kappa shape index (κ2) is 13.0. The summed E-state index contributed by atoms with van der Waals surface area (Å²) in [5, 5.41) is 0. The number of cyclic esters (lactones) is 1. The van der Waals surface area contributed by atoms with E-state index in [0.717, 1.165) is 24.8 Å². The normalized spacial score (nSPS) is 34.6. The van der Waals surface area contributed by atoms with E-state index in [4.69, 9.17) is 33.2 Å². The van der Waals surface area contributed by atoms with Crippen molar-refractivity contribution in [1.82, 2.24) is 0 Å². The van der Waals surface area contributed by atoms with Gasteiger partial charge < -0.3 is 33.2 Å². The molecule has 6 rings (SSSR count). The lowest BCUT2D eigenvalue weighted by Crippen LogP contribution is -2.61. The van der Waals surface area contributed by atoms with Crippen molar-refractivity contribution >= 4 is 30.0 Å². The van der Waals surface area contributed by atoms with E-state index in [2.05, 4.69) is 13.8 Å². The van der Waals surface area contributed by atoms with Gasteiger partial charge in [0.05, 0.1) is 17.8 Å². The molecule has 1 aromatic carbocycles. The van der Waals surface area contributed by atoms with Gasteiger partial charge in [-0.2, -0.15) is 0 Å². The molecular formula is C36H44O11. The van der Waals surface area contributed by atoms with Gasteiger partial charge in [0.25, 0.3) is 0 Å². The summed E-state index contributed by atoms with van der Waals surface area (Å²) < 4.78 is 39.6. The molecule has 2 unspecified atom stereocenters. The van der Waals surface area contributed by atoms with Crippen LogP contribution in [0.2, 0.25) is 0 Å². The van der Waals surface area contributed by atoms with Gasteiger partial charge in [-0.25, -0.2) is 9.59 Å². The molecule has 2 aliphatic carbocycles. The van der Waals surface area contributed by atoms with Gasteiger partial charge in [0.15, 0.2) is 17.6 Å². The summed E-state index contributed by atoms with van der Waals surface area (Å²) in [6.07, 6.45) is 7.67. The summed E-state index contributed by atoms with van der Waals surface area (Å²) in [5.74, 6) is -0.309. The maximum Gasteiger partial charge on any atom is 0.337 e. The largest absolute Gasteiger partial charge is 0.465 e. The van der Waals surface area contributed by atoms with Gasteiger partial charge in [-0.3, -0.25) is 9.59 Å². The number of rotatable bonds is 10. The van der Waals surface area contributed by atoms with Crippen LogP contribution >= 0.6 is 0 Å². The van der Waals surface area contributed by atoms with Gasteiger partial charge in [0.1, 0.15) is 19.3 Å². The summed E-state index contributed by atoms with van der Waals surface area (Å²) in [5.41, 5.74) is -0.124. The fraction of sp³-hybridized carbons (Fsp3) is 0.611. The molecule has 4 fully saturated rings. The van der Waals surface area contributed by atoms with Crippen molar-refractivity contribution in [2.24, 2.45) is 22.7 Å². The number of ether oxygens (including phenoxy) is 7. The van der Waals surface area contributed by atoms with Crippen molar-refractivity contribution in [2.75, 3.05) is 26.6 Å². The van der Waals surface area contributed by atoms with E-state index in [1.54, 1.807) is 38.1 Å². The lowest BCUT2D eigenvalue weighted by molar-refractivity contribution is -0.203. The molecule has 5 aliphatic rings. The number of esters is 4. The standard InChI is InChI=1S/C36H44O11/c1-5-30(37)42-19-35(4)27-13-16-36(20-45-36)28(34(27,3)15-14-29(35)47-31(38)6-2)11-9-23-26(18-41-33(23)40)46-32(39)12-8-22-7-10-24-25(17-22)44-21-43-24/h7-10,12,17,26-29H,5-6,11,13-16,18-21H2,1-4H3/b12-8+,23-9+/t26-,27?,28?,29-,34+,35+,36+/m1/s1. The molecule has 7 atom stereocenters. The molecule has 0 N–H and O–H groups in total. The lowest BCUT2D eigenvalue weighted by atomic mass is 9.45. The molecule has 2 saturated heterocycles. The Kier molecular flexibility index (Phi) is 9.13. The Morgan fingerprint density at radius 1 is 0.979 bits per heavy atom. The second-order valence-electron chi connectivity index (χ2n) is 13.8. The van der Waals surface area contributed by atoms with Crippen LogP contribution in [0.5, 0.6) is 11.5 Å². The van der Waals surface area contributed by atoms with Crippen LogP contribution in [-0.4, -0.2) is 68.3 Å². The van der Waals surface area contributed by atoms with E-state index in [9.17, 15) is 19.2 Å². The molecule has 0 aromatic heterocycles. The van der Waals surface area contributed by atoms with Crippen LogP contribution in [0.15, 0.2) is 35.9 Å². The van der Waals surface area contributed by atoms with Crippen molar-refractivity contribution in [3.05, 3.63) is 41.5 Å². The summed E-state index contributed by atoms with van der Waals surface area (Å²) in [6, 6.07) is 5.35. The Bertz CT molecular complexity index is 1470. The SMILES string of the molecule is CCC(=O)OC[C@@]1(C)C2CC[C@]3(CO3)C(C/C=C3/C(=O)OC[C@H]3OC(=O)/C=C/c3ccc4c(c3)OCO4)[C@@]2(C)CC[C@H]1OC(=O)CC. The smallest absolute Gasteiger partial charge is 0.337 e. The van der Waals surface area contributed by atoms with Crippen LogP contribution in [0.25, 0.3) is 6.08 Å². The molecule has 11 heteroatoms. The quantitative estimate of drug-likeness (QED) is 0.145. The summed E-state index contributed by atoms with van der Waals surface area (Å²) in [6.45, 7) is 8.77. The highest BCUT2D eigenvalue weighted by molar-refractivity contribution is 5.93. The predicted octanol–water partition coefficient (Wildman–Crippen LogP) is 5.09. The Labute approximate surface area is 274 Å². The van der Waals surface area contributed by atoms with Gasteiger partial charge in [0, 0.05) is 24.3 Å². The average Bonchev–Trinajstić information content (AvgIpc) is 3.51. The van der Waals surface area contributed by atoms with E-state index >= 15 is 0 Å². The first-order valence-corrected chi connectivity index (χ1v) is 16.7. The minimum Gasteiger partial charge on any atom is -0.465 e. The average molecular weight is 653 g/mol. The highest BCUT2D eigenvalue weighted by Crippen LogP contribution is 2.66. The molecule has 0 bridgehead atoms. The first-order chi connectivity index (χ1) is 22.5. The Morgan fingerprint density at radius 3 is 2.49 bits per heavy atom. The number of fused-ring (bicyclic) bond motifs is 2. The van der Waals surface area contributed by atoms with Crippen LogP contribution in [0, 0.1) is 22.7 Å². The molecule has 47 heavy (non-hydrogen) atoms. The van der Waals surface area contributed by atoms with E-state index in [0.29, 0.717) is 36.5 Å². The molecule has 1 spiro atoms. The van der Waals surface area contributed by atoms with Crippen molar-refractivity contribution in [3.8, 4) is 11.5 Å². The number of hydrogen-bond acceptors (Lipinski definition) is 11. The summed E-state index contributed by atoms with van der Waals surface area (Å²) >= 11 is 0. The molecule has 254 valence electrons. The van der Waals surface area contributed by atoms with Gasteiger partial charge in [-0.1, -0.05) is 39.8 Å². The van der Waals surface area contributed by atoms with Gasteiger partial charge in [-0.15, -0.1) is 0 Å². The monoisotopic (exact) mass is 652 g/mol. The fourth-order valence-corrected chi connectivity index (χ4v) is 8.43. The molecule has 3 aliphatic heterocycles. The van der Waals surface area contributed by atoms with Crippen LogP contribution < -0.4 is 9.47 Å². The fourth-order valence-electron chi connectivity index (χ4n) is 8.43. The number of benzene rings is 1. The van der Waals surface area contributed by atoms with Gasteiger partial charge in [-0.05, 0) is 73.1 Å². The predicted molar refractivity (Wildman–Crippen MR) is 167 cm³/mol. The van der Waals surface area contributed by atoms with Crippen LogP contribution in [0.3, 0.4) is 0 Å². The first kappa shape index (κ1) is 33.1. The van der Waals surface area contributed by atoms with Crippen molar-refractivity contribution in [3.63, 3.8) is 0 Å². The zero-order chi connectivity index (χ0) is 33.4. The zero-order valence-electron chi connectivity index (χ0n) is 27.5. The molecule has 1 aromatic rings. The molecular weight excluding hydrogens is 608 g/mol. The topological polar surface area (TPSA) is 136 Å². The van der Waals surface area contributed by atoms with Crippen molar-refractivity contribution < 1.29 is 52.3 Å². The number of carbonyl (C=O) groups is 4. The minimum absolute atomic E-state index is 0.0286.